The fourth-order valence-electron chi connectivity index (χ4n) is 3.23. The first-order valence-corrected chi connectivity index (χ1v) is 7.84. The second-order valence-electron chi connectivity index (χ2n) is 6.22. The van der Waals surface area contributed by atoms with Gasteiger partial charge in [0.05, 0.1) is 0 Å². The van der Waals surface area contributed by atoms with Crippen LogP contribution in [0.15, 0.2) is 0 Å². The van der Waals surface area contributed by atoms with Gasteiger partial charge in [0.1, 0.15) is 0 Å². The second kappa shape index (κ2) is 7.25. The van der Waals surface area contributed by atoms with E-state index in [4.69, 9.17) is 0 Å². The minimum atomic E-state index is 0.335. The fraction of sp³-hybridized carbons (Fsp3) is 0.933. The molecular formula is C15H29N3O. The smallest absolute Gasteiger partial charge is 0.222 e. The molecule has 4 nitrogen and oxygen atoms in total. The minimum Gasteiger partial charge on any atom is -0.343 e. The third kappa shape index (κ3) is 4.46. The summed E-state index contributed by atoms with van der Waals surface area (Å²) < 4.78 is 0. The summed E-state index contributed by atoms with van der Waals surface area (Å²) in [6, 6.07) is 1.03. The van der Waals surface area contributed by atoms with E-state index in [9.17, 15) is 4.79 Å². The van der Waals surface area contributed by atoms with E-state index in [2.05, 4.69) is 17.3 Å². The van der Waals surface area contributed by atoms with E-state index in [-0.39, 0.29) is 0 Å². The van der Waals surface area contributed by atoms with Crippen LogP contribution in [0.1, 0.15) is 44.9 Å². The van der Waals surface area contributed by atoms with Crippen molar-refractivity contribution < 1.29 is 4.79 Å². The molecule has 2 saturated heterocycles. The lowest BCUT2D eigenvalue weighted by Gasteiger charge is -2.35. The predicted octanol–water partition coefficient (Wildman–Crippen LogP) is 1.46. The molecule has 2 heterocycles. The molecule has 0 bridgehead atoms. The average Bonchev–Trinajstić information content (AvgIpc) is 2.46. The van der Waals surface area contributed by atoms with Gasteiger partial charge in [-0.1, -0.05) is 6.42 Å². The molecule has 4 heteroatoms. The number of carbonyl (C=O) groups is 1. The van der Waals surface area contributed by atoms with Gasteiger partial charge in [-0.15, -0.1) is 0 Å². The number of amides is 1. The number of likely N-dealkylation sites (tertiary alicyclic amines) is 1. The molecule has 1 amide bonds. The van der Waals surface area contributed by atoms with Gasteiger partial charge in [-0.25, -0.2) is 0 Å². The Hall–Kier alpha value is -0.610. The monoisotopic (exact) mass is 267 g/mol. The van der Waals surface area contributed by atoms with Crippen molar-refractivity contribution in [1.82, 2.24) is 15.1 Å². The third-order valence-corrected chi connectivity index (χ3v) is 4.75. The lowest BCUT2D eigenvalue weighted by Crippen LogP contribution is -2.45. The Morgan fingerprint density at radius 1 is 1.26 bits per heavy atom. The molecule has 19 heavy (non-hydrogen) atoms. The Balaban J connectivity index is 1.69. The van der Waals surface area contributed by atoms with Crippen LogP contribution >= 0.6 is 0 Å². The quantitative estimate of drug-likeness (QED) is 0.837. The number of hydrogen-bond acceptors (Lipinski definition) is 3. The number of nitrogens with zero attached hydrogens (tertiary/aromatic N) is 2. The van der Waals surface area contributed by atoms with Crippen LogP contribution < -0.4 is 5.32 Å². The van der Waals surface area contributed by atoms with Gasteiger partial charge in [-0.3, -0.25) is 4.79 Å². The SMILES string of the molecule is CN1CCC(N(C)C(=O)CCC2CCCCN2)CC1. The number of hydrogen-bond donors (Lipinski definition) is 1. The van der Waals surface area contributed by atoms with Gasteiger partial charge in [-0.2, -0.15) is 0 Å². The van der Waals surface area contributed by atoms with E-state index in [0.717, 1.165) is 38.9 Å². The highest BCUT2D eigenvalue weighted by molar-refractivity contribution is 5.76. The Labute approximate surface area is 117 Å². The molecular weight excluding hydrogens is 238 g/mol. The molecule has 2 aliphatic rings. The molecule has 2 rings (SSSR count). The number of piperidine rings is 2. The van der Waals surface area contributed by atoms with Crippen molar-refractivity contribution in [3.05, 3.63) is 0 Å². The van der Waals surface area contributed by atoms with Gasteiger partial charge < -0.3 is 15.1 Å². The molecule has 1 atom stereocenters. The van der Waals surface area contributed by atoms with Crippen LogP contribution in [0.4, 0.5) is 0 Å². The molecule has 2 aliphatic heterocycles. The van der Waals surface area contributed by atoms with Gasteiger partial charge >= 0.3 is 0 Å². The van der Waals surface area contributed by atoms with Crippen LogP contribution in [0.3, 0.4) is 0 Å². The third-order valence-electron chi connectivity index (χ3n) is 4.75. The molecule has 0 aromatic heterocycles. The first kappa shape index (κ1) is 14.8. The molecule has 110 valence electrons. The summed E-state index contributed by atoms with van der Waals surface area (Å²) in [4.78, 5) is 16.6. The fourth-order valence-corrected chi connectivity index (χ4v) is 3.23. The van der Waals surface area contributed by atoms with Crippen LogP contribution in [0, 0.1) is 0 Å². The summed E-state index contributed by atoms with van der Waals surface area (Å²) in [7, 11) is 4.15. The van der Waals surface area contributed by atoms with Crippen molar-refractivity contribution in [2.75, 3.05) is 33.7 Å². The summed E-state index contributed by atoms with van der Waals surface area (Å²) in [5.74, 6) is 0.335. The van der Waals surface area contributed by atoms with E-state index in [0.29, 0.717) is 24.4 Å². The molecule has 1 unspecified atom stereocenters. The first-order chi connectivity index (χ1) is 9.16. The van der Waals surface area contributed by atoms with Crippen LogP contribution in [0.25, 0.3) is 0 Å². The van der Waals surface area contributed by atoms with Crippen LogP contribution in [-0.2, 0) is 4.79 Å². The molecule has 0 saturated carbocycles. The highest BCUT2D eigenvalue weighted by Gasteiger charge is 2.24. The lowest BCUT2D eigenvalue weighted by molar-refractivity contribution is -0.133. The van der Waals surface area contributed by atoms with Crippen molar-refractivity contribution in [2.24, 2.45) is 0 Å². The highest BCUT2D eigenvalue weighted by Crippen LogP contribution is 2.17. The largest absolute Gasteiger partial charge is 0.343 e. The van der Waals surface area contributed by atoms with Gasteiger partial charge in [0.15, 0.2) is 0 Å². The molecule has 1 N–H and O–H groups in total. The van der Waals surface area contributed by atoms with Crippen molar-refractivity contribution >= 4 is 5.91 Å². The Bertz CT molecular complexity index is 281. The van der Waals surface area contributed by atoms with Crippen LogP contribution in [0.5, 0.6) is 0 Å². The highest BCUT2D eigenvalue weighted by atomic mass is 16.2. The molecule has 0 aromatic carbocycles. The topological polar surface area (TPSA) is 35.6 Å². The summed E-state index contributed by atoms with van der Waals surface area (Å²) in [6.07, 6.45) is 7.82. The maximum absolute atomic E-state index is 12.3. The van der Waals surface area contributed by atoms with Crippen molar-refractivity contribution in [1.29, 1.82) is 0 Å². The zero-order valence-electron chi connectivity index (χ0n) is 12.5. The zero-order valence-corrected chi connectivity index (χ0v) is 12.5. The van der Waals surface area contributed by atoms with E-state index >= 15 is 0 Å². The van der Waals surface area contributed by atoms with E-state index in [1.54, 1.807) is 0 Å². The minimum absolute atomic E-state index is 0.335. The van der Waals surface area contributed by atoms with Crippen molar-refractivity contribution in [3.8, 4) is 0 Å². The number of rotatable bonds is 4. The molecule has 0 spiro atoms. The normalized spacial score (nSPS) is 26.3. The van der Waals surface area contributed by atoms with E-state index < -0.39 is 0 Å². The van der Waals surface area contributed by atoms with E-state index in [1.165, 1.54) is 19.3 Å². The van der Waals surface area contributed by atoms with Gasteiger partial charge in [0.2, 0.25) is 5.91 Å². The Kier molecular flexibility index (Phi) is 5.64. The average molecular weight is 267 g/mol. The summed E-state index contributed by atoms with van der Waals surface area (Å²) in [5, 5.41) is 3.52. The zero-order chi connectivity index (χ0) is 13.7. The van der Waals surface area contributed by atoms with Crippen LogP contribution in [0.2, 0.25) is 0 Å². The maximum Gasteiger partial charge on any atom is 0.222 e. The standard InChI is InChI=1S/C15H29N3O/c1-17-11-8-14(9-12-17)18(2)15(19)7-6-13-5-3-4-10-16-13/h13-14,16H,3-12H2,1-2H3. The Morgan fingerprint density at radius 2 is 2.00 bits per heavy atom. The Morgan fingerprint density at radius 3 is 2.63 bits per heavy atom. The van der Waals surface area contributed by atoms with Gasteiger partial charge in [0.25, 0.3) is 0 Å². The maximum atomic E-state index is 12.3. The van der Waals surface area contributed by atoms with Crippen molar-refractivity contribution in [2.45, 2.75) is 57.0 Å². The molecule has 0 aromatic rings. The number of nitrogens with one attached hydrogen (secondary N) is 1. The lowest BCUT2D eigenvalue weighted by atomic mass is 9.99. The molecule has 0 radical (unpaired) electrons. The van der Waals surface area contributed by atoms with Crippen molar-refractivity contribution in [3.63, 3.8) is 0 Å². The number of carbonyl (C=O) groups excluding carboxylic acids is 1. The van der Waals surface area contributed by atoms with Gasteiger partial charge in [0, 0.05) is 25.6 Å². The predicted molar refractivity (Wildman–Crippen MR) is 78.2 cm³/mol. The van der Waals surface area contributed by atoms with Gasteiger partial charge in [-0.05, 0) is 58.8 Å². The summed E-state index contributed by atoms with van der Waals surface area (Å²) in [5.41, 5.74) is 0. The van der Waals surface area contributed by atoms with E-state index in [1.807, 2.05) is 11.9 Å². The van der Waals surface area contributed by atoms with Crippen LogP contribution in [-0.4, -0.2) is 61.5 Å². The first-order valence-electron chi connectivity index (χ1n) is 7.84. The summed E-state index contributed by atoms with van der Waals surface area (Å²) >= 11 is 0. The molecule has 0 aliphatic carbocycles. The molecule has 2 fully saturated rings. The summed E-state index contributed by atoms with van der Waals surface area (Å²) in [6.45, 7) is 3.36. The second-order valence-corrected chi connectivity index (χ2v) is 6.22.